The maximum atomic E-state index is 9.64. The summed E-state index contributed by atoms with van der Waals surface area (Å²) in [5.74, 6) is 0.0833. The monoisotopic (exact) mass is 234 g/mol. The quantitative estimate of drug-likeness (QED) is 0.838. The summed E-state index contributed by atoms with van der Waals surface area (Å²) in [6.07, 6.45) is 0. The summed E-state index contributed by atoms with van der Waals surface area (Å²) >= 11 is 6.08. The van der Waals surface area contributed by atoms with Crippen molar-refractivity contribution >= 4 is 11.6 Å². The lowest BCUT2D eigenvalue weighted by Crippen LogP contribution is -1.90. The van der Waals surface area contributed by atoms with E-state index in [4.69, 9.17) is 11.6 Å². The Kier molecular flexibility index (Phi) is 3.13. The fourth-order valence-electron chi connectivity index (χ4n) is 1.67. The van der Waals surface area contributed by atoms with E-state index in [0.29, 0.717) is 10.6 Å². The molecule has 2 nitrogen and oxygen atoms in total. The van der Waals surface area contributed by atoms with Gasteiger partial charge < -0.3 is 10.2 Å². The van der Waals surface area contributed by atoms with Crippen molar-refractivity contribution in [2.24, 2.45) is 0 Å². The molecule has 2 aromatic carbocycles. The molecule has 0 aromatic heterocycles. The summed E-state index contributed by atoms with van der Waals surface area (Å²) in [6.45, 7) is -0.215. The Hall–Kier alpha value is -1.51. The second-order valence-corrected chi connectivity index (χ2v) is 3.85. The average molecular weight is 235 g/mol. The zero-order chi connectivity index (χ0) is 11.5. The molecule has 0 aliphatic rings. The van der Waals surface area contributed by atoms with Gasteiger partial charge in [0.15, 0.2) is 0 Å². The first-order chi connectivity index (χ1) is 7.74. The summed E-state index contributed by atoms with van der Waals surface area (Å²) in [6, 6.07) is 12.4. The van der Waals surface area contributed by atoms with Crippen LogP contribution in [0.15, 0.2) is 42.5 Å². The van der Waals surface area contributed by atoms with Gasteiger partial charge in [-0.3, -0.25) is 0 Å². The highest BCUT2D eigenvalue weighted by Crippen LogP contribution is 2.34. The van der Waals surface area contributed by atoms with Crippen molar-refractivity contribution < 1.29 is 10.2 Å². The van der Waals surface area contributed by atoms with Gasteiger partial charge in [-0.15, -0.1) is 0 Å². The first-order valence-electron chi connectivity index (χ1n) is 4.90. The number of aromatic hydroxyl groups is 1. The van der Waals surface area contributed by atoms with Crippen LogP contribution in [0.2, 0.25) is 5.02 Å². The third kappa shape index (κ3) is 1.90. The lowest BCUT2D eigenvalue weighted by molar-refractivity contribution is 0.276. The predicted octanol–water partition coefficient (Wildman–Crippen LogP) is 3.20. The number of aliphatic hydroxyl groups excluding tert-OH is 1. The second-order valence-electron chi connectivity index (χ2n) is 3.44. The van der Waals surface area contributed by atoms with Crippen molar-refractivity contribution in [3.8, 4) is 16.9 Å². The molecular formula is C13H11ClO2. The molecule has 0 atom stereocenters. The first-order valence-corrected chi connectivity index (χ1v) is 5.28. The van der Waals surface area contributed by atoms with Gasteiger partial charge in [0.2, 0.25) is 0 Å². The van der Waals surface area contributed by atoms with E-state index in [1.54, 1.807) is 18.2 Å². The molecule has 0 spiro atoms. The number of benzene rings is 2. The van der Waals surface area contributed by atoms with Gasteiger partial charge in [-0.05, 0) is 17.7 Å². The molecule has 0 unspecified atom stereocenters. The van der Waals surface area contributed by atoms with Crippen LogP contribution in [0.25, 0.3) is 11.1 Å². The van der Waals surface area contributed by atoms with Crippen LogP contribution in [-0.2, 0) is 6.61 Å². The van der Waals surface area contributed by atoms with Gasteiger partial charge in [-0.25, -0.2) is 0 Å². The molecule has 0 heterocycles. The number of rotatable bonds is 2. The zero-order valence-corrected chi connectivity index (χ0v) is 9.28. The summed E-state index contributed by atoms with van der Waals surface area (Å²) in [4.78, 5) is 0. The van der Waals surface area contributed by atoms with Gasteiger partial charge >= 0.3 is 0 Å². The van der Waals surface area contributed by atoms with Crippen LogP contribution in [0.3, 0.4) is 0 Å². The number of halogens is 1. The molecule has 2 N–H and O–H groups in total. The van der Waals surface area contributed by atoms with E-state index in [1.807, 2.05) is 24.3 Å². The fourth-order valence-corrected chi connectivity index (χ4v) is 1.91. The minimum atomic E-state index is -0.215. The third-order valence-electron chi connectivity index (χ3n) is 2.47. The van der Waals surface area contributed by atoms with Gasteiger partial charge in [0.1, 0.15) is 5.75 Å². The van der Waals surface area contributed by atoms with Crippen LogP contribution >= 0.6 is 11.6 Å². The Morgan fingerprint density at radius 2 is 1.62 bits per heavy atom. The minimum absolute atomic E-state index is 0.0833. The van der Waals surface area contributed by atoms with Crippen molar-refractivity contribution in [1.29, 1.82) is 0 Å². The SMILES string of the molecule is OCc1c(O)cccc1-c1ccccc1Cl. The normalized spacial score (nSPS) is 10.4. The molecule has 0 aliphatic heterocycles. The fraction of sp³-hybridized carbons (Fsp3) is 0.0769. The molecule has 2 rings (SSSR count). The highest BCUT2D eigenvalue weighted by atomic mass is 35.5. The molecule has 0 radical (unpaired) electrons. The van der Waals surface area contributed by atoms with Crippen molar-refractivity contribution in [2.75, 3.05) is 0 Å². The average Bonchev–Trinajstić information content (AvgIpc) is 2.29. The van der Waals surface area contributed by atoms with E-state index in [1.165, 1.54) is 0 Å². The highest BCUT2D eigenvalue weighted by Gasteiger charge is 2.10. The molecule has 82 valence electrons. The van der Waals surface area contributed by atoms with Gasteiger partial charge in [-0.2, -0.15) is 0 Å². The van der Waals surface area contributed by atoms with Crippen molar-refractivity contribution in [1.82, 2.24) is 0 Å². The summed E-state index contributed by atoms with van der Waals surface area (Å²) in [5, 5.41) is 19.5. The standard InChI is InChI=1S/C13H11ClO2/c14-12-6-2-1-4-10(12)9-5-3-7-13(16)11(9)8-15/h1-7,15-16H,8H2. The van der Waals surface area contributed by atoms with E-state index in [0.717, 1.165) is 11.1 Å². The highest BCUT2D eigenvalue weighted by molar-refractivity contribution is 6.33. The third-order valence-corrected chi connectivity index (χ3v) is 2.80. The molecule has 0 aliphatic carbocycles. The van der Waals surface area contributed by atoms with Crippen LogP contribution < -0.4 is 0 Å². The second kappa shape index (κ2) is 4.56. The molecule has 0 saturated heterocycles. The largest absolute Gasteiger partial charge is 0.508 e. The molecule has 0 bridgehead atoms. The van der Waals surface area contributed by atoms with E-state index < -0.39 is 0 Å². The van der Waals surface area contributed by atoms with E-state index in [2.05, 4.69) is 0 Å². The lowest BCUT2D eigenvalue weighted by Gasteiger charge is -2.10. The van der Waals surface area contributed by atoms with E-state index >= 15 is 0 Å². The van der Waals surface area contributed by atoms with Crippen LogP contribution in [0.4, 0.5) is 0 Å². The van der Waals surface area contributed by atoms with E-state index in [9.17, 15) is 10.2 Å². The molecule has 0 fully saturated rings. The Morgan fingerprint density at radius 1 is 0.938 bits per heavy atom. The Balaban J connectivity index is 2.65. The van der Waals surface area contributed by atoms with Gasteiger partial charge in [0.25, 0.3) is 0 Å². The lowest BCUT2D eigenvalue weighted by atomic mass is 9.99. The Labute approximate surface area is 98.7 Å². The Bertz CT molecular complexity index is 509. The summed E-state index contributed by atoms with van der Waals surface area (Å²) < 4.78 is 0. The van der Waals surface area contributed by atoms with Crippen LogP contribution in [0, 0.1) is 0 Å². The van der Waals surface area contributed by atoms with E-state index in [-0.39, 0.29) is 12.4 Å². The molecule has 0 amide bonds. The number of hydrogen-bond donors (Lipinski definition) is 2. The molecule has 2 aromatic rings. The number of hydrogen-bond acceptors (Lipinski definition) is 2. The first kappa shape index (κ1) is 11.0. The summed E-state index contributed by atoms with van der Waals surface area (Å²) in [5.41, 5.74) is 2.06. The van der Waals surface area contributed by atoms with Crippen LogP contribution in [0.5, 0.6) is 5.75 Å². The summed E-state index contributed by atoms with van der Waals surface area (Å²) in [7, 11) is 0. The Morgan fingerprint density at radius 3 is 2.31 bits per heavy atom. The van der Waals surface area contributed by atoms with Gasteiger partial charge in [0, 0.05) is 16.1 Å². The molecule has 0 saturated carbocycles. The van der Waals surface area contributed by atoms with Gasteiger partial charge in [-0.1, -0.05) is 41.9 Å². The predicted molar refractivity (Wildman–Crippen MR) is 64.5 cm³/mol. The topological polar surface area (TPSA) is 40.5 Å². The maximum Gasteiger partial charge on any atom is 0.121 e. The smallest absolute Gasteiger partial charge is 0.121 e. The minimum Gasteiger partial charge on any atom is -0.508 e. The van der Waals surface area contributed by atoms with Crippen molar-refractivity contribution in [3.05, 3.63) is 53.1 Å². The van der Waals surface area contributed by atoms with Crippen molar-refractivity contribution in [2.45, 2.75) is 6.61 Å². The molecule has 3 heteroatoms. The van der Waals surface area contributed by atoms with Crippen LogP contribution in [0.1, 0.15) is 5.56 Å². The molecular weight excluding hydrogens is 224 g/mol. The molecule has 16 heavy (non-hydrogen) atoms. The van der Waals surface area contributed by atoms with Gasteiger partial charge in [0.05, 0.1) is 6.61 Å². The maximum absolute atomic E-state index is 9.64. The van der Waals surface area contributed by atoms with Crippen molar-refractivity contribution in [3.63, 3.8) is 0 Å². The zero-order valence-electron chi connectivity index (χ0n) is 8.52. The number of phenols is 1. The number of aliphatic hydroxyl groups is 1. The van der Waals surface area contributed by atoms with Crippen LogP contribution in [-0.4, -0.2) is 10.2 Å².